The van der Waals surface area contributed by atoms with Gasteiger partial charge in [-0.15, -0.1) is 12.4 Å². The molecule has 18 heavy (non-hydrogen) atoms. The first-order valence-corrected chi connectivity index (χ1v) is 6.41. The maximum atomic E-state index is 12.1. The van der Waals surface area contributed by atoms with Crippen LogP contribution >= 0.6 is 12.4 Å². The van der Waals surface area contributed by atoms with Crippen LogP contribution in [0.4, 0.5) is 0 Å². The standard InChI is InChI=1S/C12H22N2O3.ClH/c1-9(10-3-2-6-17-10)14-11(15)12(13)4-7-16-8-5-12;/h9-10H,2-8,13H2,1H3,(H,14,15);1H. The SMILES string of the molecule is CC(NC(=O)C1(N)CCOCC1)C1CCCO1.Cl. The molecule has 0 aliphatic carbocycles. The molecule has 0 aromatic carbocycles. The Bertz CT molecular complexity index is 276. The summed E-state index contributed by atoms with van der Waals surface area (Å²) in [6, 6.07) is 0.0354. The van der Waals surface area contributed by atoms with Gasteiger partial charge in [0.25, 0.3) is 0 Å². The van der Waals surface area contributed by atoms with Crippen LogP contribution < -0.4 is 11.1 Å². The second-order valence-electron chi connectivity index (χ2n) is 5.08. The van der Waals surface area contributed by atoms with Gasteiger partial charge in [0.15, 0.2) is 0 Å². The summed E-state index contributed by atoms with van der Waals surface area (Å²) in [6.07, 6.45) is 3.42. The molecule has 1 amide bonds. The highest BCUT2D eigenvalue weighted by molar-refractivity contribution is 5.86. The van der Waals surface area contributed by atoms with Gasteiger partial charge in [-0.25, -0.2) is 0 Å². The van der Waals surface area contributed by atoms with Gasteiger partial charge in [-0.2, -0.15) is 0 Å². The van der Waals surface area contributed by atoms with Gasteiger partial charge < -0.3 is 20.5 Å². The molecule has 5 nitrogen and oxygen atoms in total. The lowest BCUT2D eigenvalue weighted by molar-refractivity contribution is -0.131. The van der Waals surface area contributed by atoms with Crippen LogP contribution in [-0.4, -0.2) is 43.4 Å². The molecule has 0 radical (unpaired) electrons. The van der Waals surface area contributed by atoms with Crippen LogP contribution in [0.5, 0.6) is 0 Å². The number of rotatable bonds is 3. The van der Waals surface area contributed by atoms with E-state index in [4.69, 9.17) is 15.2 Å². The first-order chi connectivity index (χ1) is 8.12. The number of nitrogens with one attached hydrogen (secondary N) is 1. The maximum Gasteiger partial charge on any atom is 0.240 e. The number of hydrogen-bond acceptors (Lipinski definition) is 4. The third kappa shape index (κ3) is 3.57. The van der Waals surface area contributed by atoms with Crippen LogP contribution in [0, 0.1) is 0 Å². The minimum atomic E-state index is -0.759. The normalized spacial score (nSPS) is 28.2. The minimum Gasteiger partial charge on any atom is -0.381 e. The number of ether oxygens (including phenoxy) is 2. The van der Waals surface area contributed by atoms with E-state index in [2.05, 4.69) is 5.32 Å². The van der Waals surface area contributed by atoms with Gasteiger partial charge in [0.05, 0.1) is 17.7 Å². The van der Waals surface area contributed by atoms with Crippen molar-refractivity contribution in [3.63, 3.8) is 0 Å². The average molecular weight is 279 g/mol. The summed E-state index contributed by atoms with van der Waals surface area (Å²) in [6.45, 7) is 3.92. The molecule has 2 atom stereocenters. The molecule has 0 aromatic heterocycles. The maximum absolute atomic E-state index is 12.1. The molecule has 106 valence electrons. The van der Waals surface area contributed by atoms with Crippen molar-refractivity contribution in [2.24, 2.45) is 5.73 Å². The molecule has 2 aliphatic heterocycles. The largest absolute Gasteiger partial charge is 0.381 e. The van der Waals surface area contributed by atoms with Crippen LogP contribution in [-0.2, 0) is 14.3 Å². The first-order valence-electron chi connectivity index (χ1n) is 6.41. The predicted molar refractivity (Wildman–Crippen MR) is 70.8 cm³/mol. The topological polar surface area (TPSA) is 73.6 Å². The van der Waals surface area contributed by atoms with Crippen molar-refractivity contribution in [1.82, 2.24) is 5.32 Å². The lowest BCUT2D eigenvalue weighted by Gasteiger charge is -2.33. The van der Waals surface area contributed by atoms with E-state index in [1.807, 2.05) is 6.92 Å². The number of amides is 1. The molecular weight excluding hydrogens is 256 g/mol. The highest BCUT2D eigenvalue weighted by Crippen LogP contribution is 2.20. The molecule has 2 rings (SSSR count). The monoisotopic (exact) mass is 278 g/mol. The van der Waals surface area contributed by atoms with Gasteiger partial charge in [0, 0.05) is 19.8 Å². The summed E-state index contributed by atoms with van der Waals surface area (Å²) in [4.78, 5) is 12.1. The van der Waals surface area contributed by atoms with Crippen molar-refractivity contribution in [2.45, 2.75) is 50.3 Å². The molecule has 0 saturated carbocycles. The van der Waals surface area contributed by atoms with E-state index in [9.17, 15) is 4.79 Å². The van der Waals surface area contributed by atoms with Crippen molar-refractivity contribution in [1.29, 1.82) is 0 Å². The Kier molecular flexibility index (Phi) is 5.85. The van der Waals surface area contributed by atoms with E-state index >= 15 is 0 Å². The molecular formula is C12H23ClN2O3. The van der Waals surface area contributed by atoms with Crippen molar-refractivity contribution in [3.8, 4) is 0 Å². The average Bonchev–Trinajstić information content (AvgIpc) is 2.83. The zero-order valence-electron chi connectivity index (χ0n) is 10.8. The van der Waals surface area contributed by atoms with E-state index in [-0.39, 0.29) is 30.5 Å². The first kappa shape index (κ1) is 15.7. The van der Waals surface area contributed by atoms with E-state index < -0.39 is 5.54 Å². The fraction of sp³-hybridized carbons (Fsp3) is 0.917. The van der Waals surface area contributed by atoms with E-state index in [1.54, 1.807) is 0 Å². The Morgan fingerprint density at radius 2 is 2.06 bits per heavy atom. The van der Waals surface area contributed by atoms with Gasteiger partial charge in [-0.3, -0.25) is 4.79 Å². The number of carbonyl (C=O) groups excluding carboxylic acids is 1. The predicted octanol–water partition coefficient (Wildman–Crippen LogP) is 0.600. The van der Waals surface area contributed by atoms with Crippen molar-refractivity contribution in [3.05, 3.63) is 0 Å². The Labute approximate surface area is 114 Å². The smallest absolute Gasteiger partial charge is 0.240 e. The van der Waals surface area contributed by atoms with E-state index in [1.165, 1.54) is 0 Å². The molecule has 2 fully saturated rings. The van der Waals surface area contributed by atoms with Gasteiger partial charge >= 0.3 is 0 Å². The Morgan fingerprint density at radius 3 is 2.61 bits per heavy atom. The number of hydrogen-bond donors (Lipinski definition) is 2. The zero-order valence-corrected chi connectivity index (χ0v) is 11.6. The molecule has 2 saturated heterocycles. The summed E-state index contributed by atoms with van der Waals surface area (Å²) < 4.78 is 10.8. The Balaban J connectivity index is 0.00000162. The highest BCUT2D eigenvalue weighted by Gasteiger charge is 2.37. The summed E-state index contributed by atoms with van der Waals surface area (Å²) >= 11 is 0. The summed E-state index contributed by atoms with van der Waals surface area (Å²) in [5.74, 6) is -0.0659. The third-order valence-electron chi connectivity index (χ3n) is 3.72. The van der Waals surface area contributed by atoms with Gasteiger partial charge in [-0.1, -0.05) is 0 Å². The molecule has 2 heterocycles. The Morgan fingerprint density at radius 1 is 1.39 bits per heavy atom. The fourth-order valence-electron chi connectivity index (χ4n) is 2.40. The molecule has 2 aliphatic rings. The van der Waals surface area contributed by atoms with Crippen LogP contribution in [0.2, 0.25) is 0 Å². The molecule has 6 heteroatoms. The van der Waals surface area contributed by atoms with Gasteiger partial charge in [0.1, 0.15) is 0 Å². The van der Waals surface area contributed by atoms with Crippen LogP contribution in [0.25, 0.3) is 0 Å². The lowest BCUT2D eigenvalue weighted by atomic mass is 9.90. The fourth-order valence-corrected chi connectivity index (χ4v) is 2.40. The minimum absolute atomic E-state index is 0. The van der Waals surface area contributed by atoms with Crippen molar-refractivity contribution in [2.75, 3.05) is 19.8 Å². The quantitative estimate of drug-likeness (QED) is 0.793. The number of halogens is 1. The van der Waals surface area contributed by atoms with Crippen molar-refractivity contribution >= 4 is 18.3 Å². The Hall–Kier alpha value is -0.360. The third-order valence-corrected chi connectivity index (χ3v) is 3.72. The molecule has 0 bridgehead atoms. The second kappa shape index (κ2) is 6.70. The van der Waals surface area contributed by atoms with Crippen LogP contribution in [0.3, 0.4) is 0 Å². The van der Waals surface area contributed by atoms with Crippen LogP contribution in [0.1, 0.15) is 32.6 Å². The number of nitrogens with two attached hydrogens (primary N) is 1. The lowest BCUT2D eigenvalue weighted by Crippen LogP contribution is -2.59. The summed E-state index contributed by atoms with van der Waals surface area (Å²) in [7, 11) is 0. The second-order valence-corrected chi connectivity index (χ2v) is 5.08. The zero-order chi connectivity index (χ0) is 12.3. The molecule has 3 N–H and O–H groups in total. The number of carbonyl (C=O) groups is 1. The van der Waals surface area contributed by atoms with Crippen molar-refractivity contribution < 1.29 is 14.3 Å². The van der Waals surface area contributed by atoms with Gasteiger partial charge in [-0.05, 0) is 32.6 Å². The summed E-state index contributed by atoms with van der Waals surface area (Å²) in [5, 5.41) is 2.99. The van der Waals surface area contributed by atoms with Gasteiger partial charge in [0.2, 0.25) is 5.91 Å². The summed E-state index contributed by atoms with van der Waals surface area (Å²) in [5.41, 5.74) is 5.36. The van der Waals surface area contributed by atoms with Crippen LogP contribution in [0.15, 0.2) is 0 Å². The molecule has 0 aromatic rings. The van der Waals surface area contributed by atoms with E-state index in [0.717, 1.165) is 19.4 Å². The molecule has 2 unspecified atom stereocenters. The molecule has 0 spiro atoms. The van der Waals surface area contributed by atoms with E-state index in [0.29, 0.717) is 26.1 Å². The highest BCUT2D eigenvalue weighted by atomic mass is 35.5.